The molecule has 0 saturated carbocycles. The summed E-state index contributed by atoms with van der Waals surface area (Å²) in [5.74, 6) is 1.49. The van der Waals surface area contributed by atoms with Crippen LogP contribution >= 0.6 is 11.6 Å². The summed E-state index contributed by atoms with van der Waals surface area (Å²) in [7, 11) is -2.69. The van der Waals surface area contributed by atoms with Crippen LogP contribution < -0.4 is 21.1 Å². The van der Waals surface area contributed by atoms with Crippen LogP contribution in [0.15, 0.2) is 48.7 Å². The van der Waals surface area contributed by atoms with Crippen molar-refractivity contribution < 1.29 is 8.42 Å². The van der Waals surface area contributed by atoms with E-state index in [9.17, 15) is 8.42 Å². The number of nitrogens with zero attached hydrogens (tertiary/aromatic N) is 3. The van der Waals surface area contributed by atoms with Gasteiger partial charge in [-0.3, -0.25) is 0 Å². The number of hydrogen-bond donors (Lipinski definition) is 5. The predicted octanol–water partition coefficient (Wildman–Crippen LogP) is 2.21. The molecule has 0 amide bonds. The maximum Gasteiger partial charge on any atom is 0.230 e. The predicted molar refractivity (Wildman–Crippen MR) is 106 cm³/mol. The first-order valence-electron chi connectivity index (χ1n) is 7.76. The Labute approximate surface area is 162 Å². The lowest BCUT2D eigenvalue weighted by Gasteiger charge is -2.13. The van der Waals surface area contributed by atoms with Crippen molar-refractivity contribution in [3.8, 4) is 0 Å². The van der Waals surface area contributed by atoms with E-state index >= 15 is 0 Å². The van der Waals surface area contributed by atoms with Crippen LogP contribution in [0.2, 0.25) is 5.02 Å². The van der Waals surface area contributed by atoms with E-state index in [1.807, 2.05) is 6.07 Å². The van der Waals surface area contributed by atoms with Crippen LogP contribution in [0.25, 0.3) is 0 Å². The molecule has 5 N–H and O–H groups in total. The number of thiol groups is 1. The molecule has 140 valence electrons. The molecule has 0 radical (unpaired) electrons. The highest BCUT2D eigenvalue weighted by Gasteiger charge is 2.09. The molecule has 0 atom stereocenters. The van der Waals surface area contributed by atoms with Gasteiger partial charge >= 0.3 is 0 Å². The number of nitrogens with two attached hydrogens (primary N) is 1. The van der Waals surface area contributed by atoms with Crippen molar-refractivity contribution in [1.29, 1.82) is 0 Å². The molecule has 0 unspecified atom stereocenters. The van der Waals surface area contributed by atoms with Crippen LogP contribution in [0, 0.1) is 0 Å². The van der Waals surface area contributed by atoms with Gasteiger partial charge in [0.1, 0.15) is 16.7 Å². The Hall–Kier alpha value is -2.95. The second-order valence-electron chi connectivity index (χ2n) is 5.34. The lowest BCUT2D eigenvalue weighted by atomic mass is 10.2. The van der Waals surface area contributed by atoms with Gasteiger partial charge in [-0.2, -0.15) is 4.98 Å². The Morgan fingerprint density at radius 3 is 2.63 bits per heavy atom. The summed E-state index contributed by atoms with van der Waals surface area (Å²) in [4.78, 5) is 12.6. The zero-order chi connectivity index (χ0) is 19.2. The van der Waals surface area contributed by atoms with Crippen LogP contribution in [0.4, 0.5) is 29.1 Å². The Morgan fingerprint density at radius 1 is 1.04 bits per heavy atom. The molecule has 0 aliphatic heterocycles. The summed E-state index contributed by atoms with van der Waals surface area (Å²) in [5, 5.41) is 6.35. The Morgan fingerprint density at radius 2 is 1.85 bits per heavy atom. The van der Waals surface area contributed by atoms with Gasteiger partial charge < -0.3 is 16.4 Å². The van der Waals surface area contributed by atoms with Gasteiger partial charge in [0.05, 0.1) is 6.20 Å². The minimum atomic E-state index is -2.69. The van der Waals surface area contributed by atoms with Crippen LogP contribution in [0.1, 0.15) is 5.56 Å². The molecule has 3 aromatic rings. The summed E-state index contributed by atoms with van der Waals surface area (Å²) in [6.45, 7) is 0.142. The molecule has 3 rings (SSSR count). The van der Waals surface area contributed by atoms with Gasteiger partial charge in [-0.25, -0.2) is 23.1 Å². The second kappa shape index (κ2) is 8.62. The maximum atomic E-state index is 10.8. The number of pyridine rings is 1. The Balaban J connectivity index is 1.83. The summed E-state index contributed by atoms with van der Waals surface area (Å²) < 4.78 is 23.9. The average Bonchev–Trinajstić information content (AvgIpc) is 2.64. The van der Waals surface area contributed by atoms with Crippen molar-refractivity contribution >= 4 is 51.6 Å². The first-order valence-corrected chi connectivity index (χ1v) is 9.32. The number of para-hydroxylation sites is 1. The van der Waals surface area contributed by atoms with E-state index in [0.29, 0.717) is 28.2 Å². The molecular weight excluding hydrogens is 390 g/mol. The number of halogens is 1. The summed E-state index contributed by atoms with van der Waals surface area (Å²) in [5.41, 5.74) is 7.06. The first-order chi connectivity index (χ1) is 13.0. The number of nitrogen functional groups attached to an aromatic ring is 1. The molecule has 0 bridgehead atoms. The van der Waals surface area contributed by atoms with Gasteiger partial charge in [-0.1, -0.05) is 35.9 Å². The molecule has 0 aliphatic rings. The van der Waals surface area contributed by atoms with Gasteiger partial charge in [0, 0.05) is 12.2 Å². The van der Waals surface area contributed by atoms with Crippen molar-refractivity contribution in [2.45, 2.75) is 6.54 Å². The monoisotopic (exact) mass is 405 g/mol. The summed E-state index contributed by atoms with van der Waals surface area (Å²) in [6.07, 6.45) is 1.45. The van der Waals surface area contributed by atoms with Gasteiger partial charge in [-0.15, -0.1) is 0 Å². The highest BCUT2D eigenvalue weighted by molar-refractivity contribution is 7.70. The zero-order valence-corrected chi connectivity index (χ0v) is 15.5. The van der Waals surface area contributed by atoms with Crippen LogP contribution in [-0.4, -0.2) is 23.4 Å². The number of anilines is 5. The van der Waals surface area contributed by atoms with Gasteiger partial charge in [0.25, 0.3) is 0 Å². The van der Waals surface area contributed by atoms with E-state index in [4.69, 9.17) is 17.3 Å². The normalized spacial score (nSPS) is 10.7. The average molecular weight is 406 g/mol. The highest BCUT2D eigenvalue weighted by Crippen LogP contribution is 2.26. The minimum Gasteiger partial charge on any atom is -0.384 e. The molecule has 27 heavy (non-hydrogen) atoms. The molecule has 2 aromatic heterocycles. The van der Waals surface area contributed by atoms with Crippen molar-refractivity contribution in [2.75, 3.05) is 16.4 Å². The smallest absolute Gasteiger partial charge is 0.230 e. The van der Waals surface area contributed by atoms with Crippen molar-refractivity contribution in [3.63, 3.8) is 0 Å². The SMILES string of the molecule is Nc1cccc(Nc2ncc(Cl)c(Nc3ccccc3CN[SH](=O)=O)n2)n1. The standard InChI is InChI=1S/C16H16ClN7O2S/c17-11-9-19-16(23-14-7-3-6-13(18)22-14)24-15(11)21-12-5-2-1-4-10(12)8-20-27(25)26/h1-7,9,27H,8H2,(H,20,25,26)(H4,18,19,21,22,23,24). The third-order valence-electron chi connectivity index (χ3n) is 3.42. The van der Waals surface area contributed by atoms with Gasteiger partial charge in [0.2, 0.25) is 16.8 Å². The molecule has 0 saturated heterocycles. The molecule has 1 aromatic carbocycles. The first kappa shape index (κ1) is 18.8. The third-order valence-corrected chi connectivity index (χ3v) is 4.12. The van der Waals surface area contributed by atoms with Crippen molar-refractivity contribution in [2.24, 2.45) is 0 Å². The van der Waals surface area contributed by atoms with Gasteiger partial charge in [0.15, 0.2) is 5.82 Å². The van der Waals surface area contributed by atoms with Crippen LogP contribution in [-0.2, 0) is 17.4 Å². The van der Waals surface area contributed by atoms with E-state index < -0.39 is 10.9 Å². The lowest BCUT2D eigenvalue weighted by molar-refractivity contribution is 0.601. The van der Waals surface area contributed by atoms with Crippen molar-refractivity contribution in [3.05, 3.63) is 59.2 Å². The molecular formula is C16H16ClN7O2S. The highest BCUT2D eigenvalue weighted by atomic mass is 35.5. The van der Waals surface area contributed by atoms with E-state index in [-0.39, 0.29) is 12.5 Å². The second-order valence-corrected chi connectivity index (χ2v) is 6.57. The number of rotatable bonds is 7. The number of hydrogen-bond acceptors (Lipinski definition) is 8. The maximum absolute atomic E-state index is 10.8. The lowest BCUT2D eigenvalue weighted by Crippen LogP contribution is -2.12. The fourth-order valence-corrected chi connectivity index (χ4v) is 2.66. The summed E-state index contributed by atoms with van der Waals surface area (Å²) in [6, 6.07) is 12.4. The molecule has 9 nitrogen and oxygen atoms in total. The number of benzene rings is 1. The topological polar surface area (TPSA) is 135 Å². The van der Waals surface area contributed by atoms with Gasteiger partial charge in [-0.05, 0) is 23.8 Å². The molecule has 11 heteroatoms. The largest absolute Gasteiger partial charge is 0.384 e. The zero-order valence-electron chi connectivity index (χ0n) is 13.9. The van der Waals surface area contributed by atoms with E-state index in [1.54, 1.807) is 36.4 Å². The number of nitrogens with one attached hydrogen (secondary N) is 3. The molecule has 0 fully saturated rings. The number of aromatic nitrogens is 3. The Kier molecular flexibility index (Phi) is 6.01. The van der Waals surface area contributed by atoms with E-state index in [0.717, 1.165) is 5.56 Å². The van der Waals surface area contributed by atoms with E-state index in [2.05, 4.69) is 30.3 Å². The third kappa shape index (κ3) is 5.26. The fourth-order valence-electron chi connectivity index (χ4n) is 2.22. The quantitative estimate of drug-likeness (QED) is 0.377. The van der Waals surface area contributed by atoms with Crippen molar-refractivity contribution in [1.82, 2.24) is 19.7 Å². The molecule has 2 heterocycles. The van der Waals surface area contributed by atoms with E-state index in [1.165, 1.54) is 6.20 Å². The summed E-state index contributed by atoms with van der Waals surface area (Å²) >= 11 is 6.19. The minimum absolute atomic E-state index is 0.142. The fraction of sp³-hybridized carbons (Fsp3) is 0.0625. The molecule has 0 aliphatic carbocycles. The van der Waals surface area contributed by atoms with Crippen LogP contribution in [0.5, 0.6) is 0 Å². The van der Waals surface area contributed by atoms with Crippen LogP contribution in [0.3, 0.4) is 0 Å². The molecule has 0 spiro atoms. The Bertz CT molecular complexity index is 1020.